The molecule has 0 fully saturated rings. The molecular weight excluding hydrogens is 265 g/mol. The van der Waals surface area contributed by atoms with E-state index >= 15 is 0 Å². The molecule has 1 aromatic rings. The lowest BCUT2D eigenvalue weighted by Gasteiger charge is -2.07. The Hall–Kier alpha value is -0.540. The number of nitrogen functional groups attached to an aromatic ring is 1. The van der Waals surface area contributed by atoms with Gasteiger partial charge in [-0.1, -0.05) is 22.0 Å². The number of carbonyl (C=O) groups is 1. The van der Waals surface area contributed by atoms with Gasteiger partial charge in [0.05, 0.1) is 4.83 Å². The van der Waals surface area contributed by atoms with E-state index in [0.717, 1.165) is 5.56 Å². The summed E-state index contributed by atoms with van der Waals surface area (Å²) in [7, 11) is 0. The smallest absolute Gasteiger partial charge is 0.178 e. The van der Waals surface area contributed by atoms with Gasteiger partial charge in [-0.05, 0) is 24.6 Å². The van der Waals surface area contributed by atoms with Crippen LogP contribution in [0.4, 0.5) is 5.69 Å². The molecular formula is C10H11BrClNO. The highest BCUT2D eigenvalue weighted by Gasteiger charge is 2.14. The van der Waals surface area contributed by atoms with E-state index in [2.05, 4.69) is 15.9 Å². The molecule has 1 aromatic carbocycles. The van der Waals surface area contributed by atoms with Crippen molar-refractivity contribution in [3.63, 3.8) is 0 Å². The van der Waals surface area contributed by atoms with Crippen molar-refractivity contribution in [1.82, 2.24) is 0 Å². The molecule has 0 aromatic heterocycles. The van der Waals surface area contributed by atoms with Gasteiger partial charge >= 0.3 is 0 Å². The van der Waals surface area contributed by atoms with E-state index in [1.54, 1.807) is 19.1 Å². The van der Waals surface area contributed by atoms with Crippen molar-refractivity contribution >= 4 is 39.0 Å². The van der Waals surface area contributed by atoms with Gasteiger partial charge in [-0.2, -0.15) is 0 Å². The summed E-state index contributed by atoms with van der Waals surface area (Å²) in [5, 5.41) is 0. The number of ketones is 1. The normalized spacial score (nSPS) is 12.5. The molecule has 1 unspecified atom stereocenters. The van der Waals surface area contributed by atoms with Crippen LogP contribution in [0.2, 0.25) is 0 Å². The highest BCUT2D eigenvalue weighted by Crippen LogP contribution is 2.19. The third-order valence-electron chi connectivity index (χ3n) is 1.90. The maximum atomic E-state index is 11.7. The maximum Gasteiger partial charge on any atom is 0.178 e. The molecule has 0 radical (unpaired) electrons. The van der Waals surface area contributed by atoms with Crippen LogP contribution in [0.15, 0.2) is 18.2 Å². The number of Topliss-reactive ketones (excluding diaryl/α,β-unsaturated/α-hetero) is 1. The lowest BCUT2D eigenvalue weighted by atomic mass is 10.0. The third kappa shape index (κ3) is 2.49. The van der Waals surface area contributed by atoms with Crippen LogP contribution in [0.3, 0.4) is 0 Å². The fourth-order valence-corrected chi connectivity index (χ4v) is 1.53. The van der Waals surface area contributed by atoms with Gasteiger partial charge in [0, 0.05) is 17.1 Å². The minimum Gasteiger partial charge on any atom is -0.398 e. The van der Waals surface area contributed by atoms with E-state index in [9.17, 15) is 4.79 Å². The van der Waals surface area contributed by atoms with Crippen LogP contribution < -0.4 is 5.73 Å². The molecule has 1 rings (SSSR count). The number of rotatable bonds is 3. The zero-order valence-electron chi connectivity index (χ0n) is 7.76. The number of nitrogens with two attached hydrogens (primary N) is 1. The summed E-state index contributed by atoms with van der Waals surface area (Å²) in [6, 6.07) is 5.26. The first-order chi connectivity index (χ1) is 6.56. The van der Waals surface area contributed by atoms with Crippen LogP contribution in [0.25, 0.3) is 0 Å². The number of benzene rings is 1. The van der Waals surface area contributed by atoms with Gasteiger partial charge in [-0.25, -0.2) is 0 Å². The predicted molar refractivity (Wildman–Crippen MR) is 63.1 cm³/mol. The Morgan fingerprint density at radius 3 is 2.79 bits per heavy atom. The Bertz CT molecular complexity index is 352. The van der Waals surface area contributed by atoms with Crippen LogP contribution >= 0.6 is 27.5 Å². The molecule has 0 bridgehead atoms. The van der Waals surface area contributed by atoms with E-state index in [1.165, 1.54) is 0 Å². The number of hydrogen-bond acceptors (Lipinski definition) is 2. The SMILES string of the molecule is CC(Br)C(=O)c1cc(CCl)ccc1N. The summed E-state index contributed by atoms with van der Waals surface area (Å²) in [6.45, 7) is 1.77. The van der Waals surface area contributed by atoms with Crippen molar-refractivity contribution in [3.8, 4) is 0 Å². The summed E-state index contributed by atoms with van der Waals surface area (Å²) in [4.78, 5) is 11.4. The average molecular weight is 277 g/mol. The first-order valence-corrected chi connectivity index (χ1v) is 5.64. The van der Waals surface area contributed by atoms with Gasteiger partial charge < -0.3 is 5.73 Å². The molecule has 2 N–H and O–H groups in total. The average Bonchev–Trinajstić information content (AvgIpc) is 2.17. The number of carbonyl (C=O) groups excluding carboxylic acids is 1. The lowest BCUT2D eigenvalue weighted by molar-refractivity contribution is 0.0996. The predicted octanol–water partition coefficient (Wildman–Crippen LogP) is 2.97. The highest BCUT2D eigenvalue weighted by molar-refractivity contribution is 9.10. The van der Waals surface area contributed by atoms with Crippen LogP contribution in [0, 0.1) is 0 Å². The molecule has 0 aliphatic heterocycles. The van der Waals surface area contributed by atoms with E-state index in [4.69, 9.17) is 17.3 Å². The summed E-state index contributed by atoms with van der Waals surface area (Å²) in [5.74, 6) is 0.367. The van der Waals surface area contributed by atoms with Crippen molar-refractivity contribution in [1.29, 1.82) is 0 Å². The fourth-order valence-electron chi connectivity index (χ4n) is 1.11. The van der Waals surface area contributed by atoms with Gasteiger partial charge in [-0.3, -0.25) is 4.79 Å². The molecule has 14 heavy (non-hydrogen) atoms. The molecule has 0 saturated carbocycles. The largest absolute Gasteiger partial charge is 0.398 e. The quantitative estimate of drug-likeness (QED) is 0.524. The number of anilines is 1. The van der Waals surface area contributed by atoms with Gasteiger partial charge in [0.2, 0.25) is 0 Å². The Kier molecular flexibility index (Phi) is 3.96. The lowest BCUT2D eigenvalue weighted by Crippen LogP contribution is -2.12. The Morgan fingerprint density at radius 2 is 2.29 bits per heavy atom. The topological polar surface area (TPSA) is 43.1 Å². The Labute approximate surface area is 96.6 Å². The zero-order valence-corrected chi connectivity index (χ0v) is 10.1. The van der Waals surface area contributed by atoms with E-state index in [0.29, 0.717) is 17.1 Å². The molecule has 0 aliphatic carbocycles. The second kappa shape index (κ2) is 4.80. The molecule has 2 nitrogen and oxygen atoms in total. The van der Waals surface area contributed by atoms with Crippen molar-refractivity contribution in [2.75, 3.05) is 5.73 Å². The minimum absolute atomic E-state index is 0.0190. The molecule has 0 saturated heterocycles. The van der Waals surface area contributed by atoms with Crippen molar-refractivity contribution in [2.24, 2.45) is 0 Å². The minimum atomic E-state index is -0.227. The number of alkyl halides is 2. The van der Waals surface area contributed by atoms with Gasteiger partial charge in [0.1, 0.15) is 0 Å². The molecule has 76 valence electrons. The molecule has 0 spiro atoms. The van der Waals surface area contributed by atoms with E-state index in [1.807, 2.05) is 6.07 Å². The summed E-state index contributed by atoms with van der Waals surface area (Å²) >= 11 is 8.89. The second-order valence-electron chi connectivity index (χ2n) is 3.04. The monoisotopic (exact) mass is 275 g/mol. The third-order valence-corrected chi connectivity index (χ3v) is 2.62. The molecule has 0 heterocycles. The Balaban J connectivity index is 3.12. The summed E-state index contributed by atoms with van der Waals surface area (Å²) in [5.41, 5.74) is 7.63. The van der Waals surface area contributed by atoms with Crippen LogP contribution in [-0.4, -0.2) is 10.6 Å². The molecule has 0 amide bonds. The first-order valence-electron chi connectivity index (χ1n) is 4.19. The summed E-state index contributed by atoms with van der Waals surface area (Å²) < 4.78 is 0. The second-order valence-corrected chi connectivity index (χ2v) is 4.68. The maximum absolute atomic E-state index is 11.7. The zero-order chi connectivity index (χ0) is 10.7. The van der Waals surface area contributed by atoms with Crippen LogP contribution in [-0.2, 0) is 5.88 Å². The molecule has 1 atom stereocenters. The van der Waals surface area contributed by atoms with Gasteiger partial charge in [0.15, 0.2) is 5.78 Å². The molecule has 4 heteroatoms. The summed E-state index contributed by atoms with van der Waals surface area (Å²) in [6.07, 6.45) is 0. The van der Waals surface area contributed by atoms with E-state index in [-0.39, 0.29) is 10.6 Å². The molecule has 0 aliphatic rings. The van der Waals surface area contributed by atoms with Crippen LogP contribution in [0.1, 0.15) is 22.8 Å². The van der Waals surface area contributed by atoms with Crippen molar-refractivity contribution in [3.05, 3.63) is 29.3 Å². The van der Waals surface area contributed by atoms with E-state index < -0.39 is 0 Å². The first kappa shape index (κ1) is 11.5. The highest BCUT2D eigenvalue weighted by atomic mass is 79.9. The van der Waals surface area contributed by atoms with Gasteiger partial charge in [0.25, 0.3) is 0 Å². The Morgan fingerprint density at radius 1 is 1.64 bits per heavy atom. The number of halogens is 2. The van der Waals surface area contributed by atoms with Gasteiger partial charge in [-0.15, -0.1) is 11.6 Å². The number of hydrogen-bond donors (Lipinski definition) is 1. The fraction of sp³-hybridized carbons (Fsp3) is 0.300. The standard InChI is InChI=1S/C10H11BrClNO/c1-6(11)10(14)8-4-7(5-12)2-3-9(8)13/h2-4,6H,5,13H2,1H3. The van der Waals surface area contributed by atoms with Crippen molar-refractivity contribution < 1.29 is 4.79 Å². The van der Waals surface area contributed by atoms with Crippen molar-refractivity contribution in [2.45, 2.75) is 17.6 Å². The van der Waals surface area contributed by atoms with Crippen LogP contribution in [0.5, 0.6) is 0 Å².